The van der Waals surface area contributed by atoms with E-state index < -0.39 is 12.0 Å². The number of alkyl halides is 2. The van der Waals surface area contributed by atoms with Crippen LogP contribution < -0.4 is 5.32 Å². The van der Waals surface area contributed by atoms with Crippen LogP contribution in [-0.4, -0.2) is 18.5 Å². The second kappa shape index (κ2) is 3.48. The Kier molecular flexibility index (Phi) is 2.82. The molecule has 1 N–H and O–H groups in total. The van der Waals surface area contributed by atoms with Crippen molar-refractivity contribution in [3.05, 3.63) is 0 Å². The molecule has 3 heteroatoms. The van der Waals surface area contributed by atoms with Crippen molar-refractivity contribution in [2.24, 2.45) is 0 Å². The Morgan fingerprint density at radius 3 is 2.64 bits per heavy atom. The van der Waals surface area contributed by atoms with E-state index in [1.165, 1.54) is 0 Å². The van der Waals surface area contributed by atoms with E-state index >= 15 is 0 Å². The Balaban J connectivity index is 2.43. The van der Waals surface area contributed by atoms with Crippen molar-refractivity contribution >= 4 is 0 Å². The zero-order valence-electron chi connectivity index (χ0n) is 6.87. The molecule has 1 aliphatic heterocycles. The lowest BCUT2D eigenvalue weighted by Crippen LogP contribution is -2.42. The van der Waals surface area contributed by atoms with E-state index in [4.69, 9.17) is 0 Å². The third-order valence-corrected chi connectivity index (χ3v) is 2.17. The molecule has 0 radical (unpaired) electrons. The van der Waals surface area contributed by atoms with E-state index in [-0.39, 0.29) is 0 Å². The highest BCUT2D eigenvalue weighted by Crippen LogP contribution is 2.23. The summed E-state index contributed by atoms with van der Waals surface area (Å²) >= 11 is 0. The number of hydrogen-bond acceptors (Lipinski definition) is 1. The number of halogens is 2. The second-order valence-corrected chi connectivity index (χ2v) is 3.31. The summed E-state index contributed by atoms with van der Waals surface area (Å²) in [5.74, 6) is -2.55. The first-order valence-electron chi connectivity index (χ1n) is 4.22. The Hall–Kier alpha value is -0.180. The molecule has 1 rings (SSSR count). The molecule has 0 spiro atoms. The number of hydrogen-bond donors (Lipinski definition) is 1. The van der Waals surface area contributed by atoms with Gasteiger partial charge in [-0.25, -0.2) is 8.78 Å². The van der Waals surface area contributed by atoms with Gasteiger partial charge in [0.2, 0.25) is 0 Å². The summed E-state index contributed by atoms with van der Waals surface area (Å²) < 4.78 is 25.5. The predicted octanol–water partition coefficient (Wildman–Crippen LogP) is 2.17. The largest absolute Gasteiger partial charge is 0.309 e. The first kappa shape index (κ1) is 8.91. The molecule has 1 heterocycles. The Morgan fingerprint density at radius 1 is 1.27 bits per heavy atom. The van der Waals surface area contributed by atoms with E-state index in [0.717, 1.165) is 32.7 Å². The maximum Gasteiger partial charge on any atom is 0.260 e. The Bertz CT molecular complexity index is 112. The van der Waals surface area contributed by atoms with Crippen molar-refractivity contribution in [3.8, 4) is 0 Å². The molecule has 1 nitrogen and oxygen atoms in total. The van der Waals surface area contributed by atoms with Crippen LogP contribution in [0.3, 0.4) is 0 Å². The van der Waals surface area contributed by atoms with Crippen LogP contribution in [0, 0.1) is 0 Å². The lowest BCUT2D eigenvalue weighted by molar-refractivity contribution is -0.0194. The average Bonchev–Trinajstić information content (AvgIpc) is 2.10. The number of rotatable bonds is 1. The van der Waals surface area contributed by atoms with E-state index in [2.05, 4.69) is 5.32 Å². The number of nitrogens with one attached hydrogen (secondary N) is 1. The SMILES string of the molecule is CC(F)(F)C1CCCCCN1. The van der Waals surface area contributed by atoms with Crippen LogP contribution >= 0.6 is 0 Å². The van der Waals surface area contributed by atoms with E-state index in [0.29, 0.717) is 6.42 Å². The molecule has 0 amide bonds. The fourth-order valence-corrected chi connectivity index (χ4v) is 1.46. The van der Waals surface area contributed by atoms with Gasteiger partial charge in [0.05, 0.1) is 6.04 Å². The van der Waals surface area contributed by atoms with Gasteiger partial charge in [-0.05, 0) is 19.4 Å². The van der Waals surface area contributed by atoms with Crippen LogP contribution in [-0.2, 0) is 0 Å². The van der Waals surface area contributed by atoms with Gasteiger partial charge in [-0.15, -0.1) is 0 Å². The predicted molar refractivity (Wildman–Crippen MR) is 40.9 cm³/mol. The summed E-state index contributed by atoms with van der Waals surface area (Å²) in [6.07, 6.45) is 3.66. The molecule has 1 aliphatic rings. The molecule has 0 aliphatic carbocycles. The normalized spacial score (nSPS) is 28.1. The third kappa shape index (κ3) is 2.73. The van der Waals surface area contributed by atoms with Crippen LogP contribution in [0.25, 0.3) is 0 Å². The van der Waals surface area contributed by atoms with Gasteiger partial charge in [-0.2, -0.15) is 0 Å². The standard InChI is InChI=1S/C8H15F2N/c1-8(9,10)7-5-3-2-4-6-11-7/h7,11H,2-6H2,1H3. The summed E-state index contributed by atoms with van der Waals surface area (Å²) in [6, 6.07) is -0.593. The minimum Gasteiger partial charge on any atom is -0.309 e. The molecule has 1 fully saturated rings. The highest BCUT2D eigenvalue weighted by Gasteiger charge is 2.33. The summed E-state index contributed by atoms with van der Waals surface area (Å²) in [6.45, 7) is 1.74. The smallest absolute Gasteiger partial charge is 0.260 e. The molecule has 0 aromatic carbocycles. The third-order valence-electron chi connectivity index (χ3n) is 2.17. The average molecular weight is 163 g/mol. The maximum absolute atomic E-state index is 12.7. The van der Waals surface area contributed by atoms with Gasteiger partial charge in [0.15, 0.2) is 0 Å². The molecule has 1 saturated heterocycles. The molecule has 0 bridgehead atoms. The molecule has 0 aromatic heterocycles. The van der Waals surface area contributed by atoms with Crippen molar-refractivity contribution in [1.82, 2.24) is 5.32 Å². The lowest BCUT2D eigenvalue weighted by Gasteiger charge is -2.22. The minimum absolute atomic E-state index is 0.593. The first-order valence-corrected chi connectivity index (χ1v) is 4.22. The van der Waals surface area contributed by atoms with E-state index in [1.54, 1.807) is 0 Å². The van der Waals surface area contributed by atoms with Crippen LogP contribution in [0.4, 0.5) is 8.78 Å². The van der Waals surface area contributed by atoms with Gasteiger partial charge in [0, 0.05) is 6.92 Å². The zero-order chi connectivity index (χ0) is 8.32. The van der Waals surface area contributed by atoms with Crippen LogP contribution in [0.5, 0.6) is 0 Å². The Labute approximate surface area is 66.2 Å². The lowest BCUT2D eigenvalue weighted by atomic mass is 10.1. The Morgan fingerprint density at radius 2 is 2.00 bits per heavy atom. The van der Waals surface area contributed by atoms with Gasteiger partial charge in [-0.1, -0.05) is 12.8 Å². The molecule has 66 valence electrons. The fourth-order valence-electron chi connectivity index (χ4n) is 1.46. The van der Waals surface area contributed by atoms with Gasteiger partial charge >= 0.3 is 0 Å². The van der Waals surface area contributed by atoms with Crippen molar-refractivity contribution in [2.75, 3.05) is 6.54 Å². The summed E-state index contributed by atoms with van der Waals surface area (Å²) in [7, 11) is 0. The van der Waals surface area contributed by atoms with Crippen molar-refractivity contribution in [1.29, 1.82) is 0 Å². The molecule has 0 saturated carbocycles. The first-order chi connectivity index (χ1) is 5.11. The minimum atomic E-state index is -2.55. The van der Waals surface area contributed by atoms with Crippen molar-refractivity contribution < 1.29 is 8.78 Å². The molecular weight excluding hydrogens is 148 g/mol. The molecule has 11 heavy (non-hydrogen) atoms. The highest BCUT2D eigenvalue weighted by molar-refractivity contribution is 4.81. The molecule has 1 unspecified atom stereocenters. The van der Waals surface area contributed by atoms with Crippen molar-refractivity contribution in [3.63, 3.8) is 0 Å². The second-order valence-electron chi connectivity index (χ2n) is 3.31. The molecule has 0 aromatic rings. The van der Waals surface area contributed by atoms with Gasteiger partial charge in [0.1, 0.15) is 0 Å². The van der Waals surface area contributed by atoms with E-state index in [9.17, 15) is 8.78 Å². The monoisotopic (exact) mass is 163 g/mol. The van der Waals surface area contributed by atoms with Crippen LogP contribution in [0.15, 0.2) is 0 Å². The van der Waals surface area contributed by atoms with Gasteiger partial charge in [0.25, 0.3) is 5.92 Å². The fraction of sp³-hybridized carbons (Fsp3) is 1.00. The summed E-state index contributed by atoms with van der Waals surface area (Å²) in [4.78, 5) is 0. The summed E-state index contributed by atoms with van der Waals surface area (Å²) in [5, 5.41) is 2.87. The molecule has 1 atom stereocenters. The van der Waals surface area contributed by atoms with E-state index in [1.807, 2.05) is 0 Å². The van der Waals surface area contributed by atoms with Gasteiger partial charge < -0.3 is 5.32 Å². The topological polar surface area (TPSA) is 12.0 Å². The quantitative estimate of drug-likeness (QED) is 0.624. The van der Waals surface area contributed by atoms with Crippen molar-refractivity contribution in [2.45, 2.75) is 44.6 Å². The molecular formula is C8H15F2N. The van der Waals surface area contributed by atoms with Crippen LogP contribution in [0.1, 0.15) is 32.6 Å². The summed E-state index contributed by atoms with van der Waals surface area (Å²) in [5.41, 5.74) is 0. The maximum atomic E-state index is 12.7. The van der Waals surface area contributed by atoms with Gasteiger partial charge in [-0.3, -0.25) is 0 Å². The highest BCUT2D eigenvalue weighted by atomic mass is 19.3. The van der Waals surface area contributed by atoms with Crippen LogP contribution in [0.2, 0.25) is 0 Å². The zero-order valence-corrected chi connectivity index (χ0v) is 6.87.